The average molecular weight is 317 g/mol. The highest BCUT2D eigenvalue weighted by atomic mass is 16.7. The lowest BCUT2D eigenvalue weighted by Crippen LogP contribution is -2.22. The number of rotatable bonds is 14. The predicted octanol–water partition coefficient (Wildman–Crippen LogP) is 3.59. The fourth-order valence-corrected chi connectivity index (χ4v) is 2.26. The quantitative estimate of drug-likeness (QED) is 0.392. The van der Waals surface area contributed by atoms with Crippen LogP contribution >= 0.6 is 0 Å². The van der Waals surface area contributed by atoms with Gasteiger partial charge in [0.25, 0.3) is 0 Å². The number of carbonyl (C=O) groups excluding carboxylic acids is 1. The molecule has 5 heteroatoms. The Hall–Kier alpha value is -0.810. The maximum Gasteiger partial charge on any atom is 0.508 e. The highest BCUT2D eigenvalue weighted by molar-refractivity contribution is 5.60. The van der Waals surface area contributed by atoms with Crippen molar-refractivity contribution in [3.63, 3.8) is 0 Å². The molecule has 0 radical (unpaired) electrons. The molecule has 0 amide bonds. The fraction of sp³-hybridized carbons (Fsp3) is 0.941. The zero-order valence-corrected chi connectivity index (χ0v) is 14.7. The van der Waals surface area contributed by atoms with Crippen LogP contribution in [0.2, 0.25) is 0 Å². The molecular formula is C17H35NO4. The molecule has 0 rings (SSSR count). The Morgan fingerprint density at radius 3 is 2.36 bits per heavy atom. The summed E-state index contributed by atoms with van der Waals surface area (Å²) in [6, 6.07) is 0. The van der Waals surface area contributed by atoms with E-state index >= 15 is 0 Å². The zero-order chi connectivity index (χ0) is 16.6. The summed E-state index contributed by atoms with van der Waals surface area (Å²) in [7, 11) is 3.96. The van der Waals surface area contributed by atoms with E-state index in [0.29, 0.717) is 13.0 Å². The molecule has 0 aliphatic heterocycles. The second-order valence-electron chi connectivity index (χ2n) is 6.06. The van der Waals surface area contributed by atoms with Crippen molar-refractivity contribution < 1.29 is 19.4 Å². The topological polar surface area (TPSA) is 59.0 Å². The Labute approximate surface area is 136 Å². The molecule has 0 aromatic carbocycles. The number of ether oxygens (including phenoxy) is 2. The molecule has 5 nitrogen and oxygen atoms in total. The summed E-state index contributed by atoms with van der Waals surface area (Å²) in [4.78, 5) is 13.7. The van der Waals surface area contributed by atoms with Gasteiger partial charge in [0.1, 0.15) is 6.10 Å². The third-order valence-electron chi connectivity index (χ3n) is 3.56. The van der Waals surface area contributed by atoms with E-state index in [1.54, 1.807) is 0 Å². The number of unbranched alkanes of at least 4 members (excludes halogenated alkanes) is 5. The second kappa shape index (κ2) is 15.1. The van der Waals surface area contributed by atoms with Crippen molar-refractivity contribution in [3.05, 3.63) is 0 Å². The van der Waals surface area contributed by atoms with E-state index in [0.717, 1.165) is 32.2 Å². The normalized spacial score (nSPS) is 12.4. The van der Waals surface area contributed by atoms with Gasteiger partial charge in [0.2, 0.25) is 0 Å². The van der Waals surface area contributed by atoms with Crippen molar-refractivity contribution in [1.82, 2.24) is 4.90 Å². The van der Waals surface area contributed by atoms with Crippen molar-refractivity contribution in [1.29, 1.82) is 0 Å². The number of aliphatic hydroxyl groups excluding tert-OH is 1. The van der Waals surface area contributed by atoms with Gasteiger partial charge in [0.05, 0.1) is 6.61 Å². The van der Waals surface area contributed by atoms with Crippen LogP contribution in [0.1, 0.15) is 64.7 Å². The van der Waals surface area contributed by atoms with E-state index in [-0.39, 0.29) is 12.7 Å². The minimum absolute atomic E-state index is 0.0361. The molecule has 0 heterocycles. The number of hydrogen-bond acceptors (Lipinski definition) is 5. The molecule has 0 spiro atoms. The summed E-state index contributed by atoms with van der Waals surface area (Å²) in [5.41, 5.74) is 0. The molecule has 1 atom stereocenters. The van der Waals surface area contributed by atoms with Gasteiger partial charge in [0.15, 0.2) is 0 Å². The first-order chi connectivity index (χ1) is 10.6. The first-order valence-electron chi connectivity index (χ1n) is 8.69. The van der Waals surface area contributed by atoms with Crippen LogP contribution in [-0.4, -0.2) is 56.1 Å². The molecule has 0 aromatic heterocycles. The molecule has 0 bridgehead atoms. The van der Waals surface area contributed by atoms with Crippen molar-refractivity contribution in [2.24, 2.45) is 0 Å². The van der Waals surface area contributed by atoms with Gasteiger partial charge in [-0.15, -0.1) is 0 Å². The van der Waals surface area contributed by atoms with E-state index in [1.165, 1.54) is 25.7 Å². The largest absolute Gasteiger partial charge is 0.508 e. The monoisotopic (exact) mass is 317 g/mol. The second-order valence-corrected chi connectivity index (χ2v) is 6.06. The van der Waals surface area contributed by atoms with E-state index in [9.17, 15) is 4.79 Å². The van der Waals surface area contributed by atoms with Crippen LogP contribution in [0.4, 0.5) is 4.79 Å². The minimum Gasteiger partial charge on any atom is -0.434 e. The lowest BCUT2D eigenvalue weighted by molar-refractivity contribution is 0.0107. The van der Waals surface area contributed by atoms with Gasteiger partial charge in [-0.25, -0.2) is 4.79 Å². The lowest BCUT2D eigenvalue weighted by atomic mass is 10.1. The summed E-state index contributed by atoms with van der Waals surface area (Å²) >= 11 is 0. The first-order valence-corrected chi connectivity index (χ1v) is 8.69. The SMILES string of the molecule is CCCCCCCC[C@H](CCO)OC(=O)OCCCN(C)C. The summed E-state index contributed by atoms with van der Waals surface area (Å²) in [5, 5.41) is 9.06. The van der Waals surface area contributed by atoms with Crippen LogP contribution in [0.5, 0.6) is 0 Å². The minimum atomic E-state index is -0.608. The Morgan fingerprint density at radius 2 is 1.73 bits per heavy atom. The molecule has 0 fully saturated rings. The summed E-state index contributed by atoms with van der Waals surface area (Å²) < 4.78 is 10.4. The Morgan fingerprint density at radius 1 is 1.05 bits per heavy atom. The van der Waals surface area contributed by atoms with Gasteiger partial charge in [-0.1, -0.05) is 39.0 Å². The maximum absolute atomic E-state index is 11.6. The fourth-order valence-electron chi connectivity index (χ4n) is 2.26. The first kappa shape index (κ1) is 21.2. The summed E-state index contributed by atoms with van der Waals surface area (Å²) in [5.74, 6) is 0. The van der Waals surface area contributed by atoms with Crippen molar-refractivity contribution >= 4 is 6.16 Å². The van der Waals surface area contributed by atoms with Gasteiger partial charge >= 0.3 is 6.16 Å². The van der Waals surface area contributed by atoms with Gasteiger partial charge in [0, 0.05) is 19.6 Å². The van der Waals surface area contributed by atoms with Crippen molar-refractivity contribution in [2.75, 3.05) is 33.9 Å². The van der Waals surface area contributed by atoms with E-state index in [4.69, 9.17) is 14.6 Å². The van der Waals surface area contributed by atoms with Crippen LogP contribution in [0.15, 0.2) is 0 Å². The summed E-state index contributed by atoms with van der Waals surface area (Å²) in [6.07, 6.45) is 8.48. The molecule has 0 saturated carbocycles. The maximum atomic E-state index is 11.6. The van der Waals surface area contributed by atoms with Crippen molar-refractivity contribution in [3.8, 4) is 0 Å². The third kappa shape index (κ3) is 14.1. The molecule has 0 aliphatic rings. The molecule has 22 heavy (non-hydrogen) atoms. The highest BCUT2D eigenvalue weighted by Gasteiger charge is 2.14. The van der Waals surface area contributed by atoms with Crippen LogP contribution in [0.3, 0.4) is 0 Å². The van der Waals surface area contributed by atoms with E-state index in [1.807, 2.05) is 19.0 Å². The third-order valence-corrected chi connectivity index (χ3v) is 3.56. The molecular weight excluding hydrogens is 282 g/mol. The van der Waals surface area contributed by atoms with Crippen molar-refractivity contribution in [2.45, 2.75) is 70.8 Å². The van der Waals surface area contributed by atoms with E-state index < -0.39 is 6.16 Å². The summed E-state index contributed by atoms with van der Waals surface area (Å²) in [6.45, 7) is 3.49. The number of hydrogen-bond donors (Lipinski definition) is 1. The zero-order valence-electron chi connectivity index (χ0n) is 14.7. The Kier molecular flexibility index (Phi) is 14.5. The van der Waals surface area contributed by atoms with Crippen LogP contribution in [0.25, 0.3) is 0 Å². The number of nitrogens with zero attached hydrogens (tertiary/aromatic N) is 1. The molecule has 0 aromatic rings. The van der Waals surface area contributed by atoms with Crippen LogP contribution < -0.4 is 0 Å². The number of aliphatic hydroxyl groups is 1. The van der Waals surface area contributed by atoms with Gasteiger partial charge in [-0.2, -0.15) is 0 Å². The molecule has 0 aliphatic carbocycles. The molecule has 0 saturated heterocycles. The standard InChI is InChI=1S/C17H35NO4/c1-4-5-6-7-8-9-11-16(12-14-19)22-17(20)21-15-10-13-18(2)3/h16,19H,4-15H2,1-3H3/t16-/m1/s1. The highest BCUT2D eigenvalue weighted by Crippen LogP contribution is 2.13. The van der Waals surface area contributed by atoms with Gasteiger partial charge in [-0.3, -0.25) is 0 Å². The molecule has 1 N–H and O–H groups in total. The number of carbonyl (C=O) groups is 1. The van der Waals surface area contributed by atoms with Gasteiger partial charge in [-0.05, 0) is 33.4 Å². The van der Waals surface area contributed by atoms with Gasteiger partial charge < -0.3 is 19.5 Å². The Balaban J connectivity index is 3.74. The van der Waals surface area contributed by atoms with Crippen LogP contribution in [0, 0.1) is 0 Å². The Bertz CT molecular complexity index is 259. The predicted molar refractivity (Wildman–Crippen MR) is 89.1 cm³/mol. The molecule has 0 unspecified atom stereocenters. The smallest absolute Gasteiger partial charge is 0.434 e. The lowest BCUT2D eigenvalue weighted by Gasteiger charge is -2.17. The van der Waals surface area contributed by atoms with Crippen LogP contribution in [-0.2, 0) is 9.47 Å². The average Bonchev–Trinajstić information content (AvgIpc) is 2.47. The van der Waals surface area contributed by atoms with E-state index in [2.05, 4.69) is 6.92 Å². The molecule has 132 valence electrons.